The summed E-state index contributed by atoms with van der Waals surface area (Å²) in [5.41, 5.74) is 0. The van der Waals surface area contributed by atoms with E-state index < -0.39 is 12.1 Å². The first-order valence-electron chi connectivity index (χ1n) is 34.9. The third kappa shape index (κ3) is 63.0. The third-order valence-corrected chi connectivity index (χ3v) is 16.1. The smallest absolute Gasteiger partial charge is 0.305 e. The highest BCUT2D eigenvalue weighted by Gasteiger charge is 2.20. The largest absolute Gasteiger partial charge is 0.465 e. The van der Waals surface area contributed by atoms with E-state index in [1.54, 1.807) is 0 Å². The zero-order valence-electron chi connectivity index (χ0n) is 52.4. The number of aliphatic hydroxyl groups excluding tert-OH is 2. The van der Waals surface area contributed by atoms with Gasteiger partial charge in [0, 0.05) is 12.8 Å². The van der Waals surface area contributed by atoms with Gasteiger partial charge in [0.25, 0.3) is 0 Å². The molecule has 6 heteroatoms. The number of amides is 1. The van der Waals surface area contributed by atoms with Crippen LogP contribution in [0.1, 0.15) is 373 Å². The summed E-state index contributed by atoms with van der Waals surface area (Å²) in [5, 5.41) is 23.4. The van der Waals surface area contributed by atoms with E-state index >= 15 is 0 Å². The average molecular weight is 1090 g/mol. The minimum absolute atomic E-state index is 0.0363. The van der Waals surface area contributed by atoms with E-state index in [2.05, 4.69) is 67.8 Å². The topological polar surface area (TPSA) is 95.9 Å². The molecule has 1 amide bonds. The second-order valence-corrected chi connectivity index (χ2v) is 23.9. The SMILES string of the molecule is CCCCC/C=C\C/C=C\CCCCCCCC(=O)OCC/C=C\C/C=C\CCCCCCCCCCCCCCCCC(=O)NC(CO)C(O)CCCCCCCCCCCCCCCCCCCCCCCCCCC. The van der Waals surface area contributed by atoms with Crippen LogP contribution in [0.25, 0.3) is 0 Å². The van der Waals surface area contributed by atoms with Gasteiger partial charge in [-0.05, 0) is 77.0 Å². The maximum atomic E-state index is 12.6. The van der Waals surface area contributed by atoms with E-state index in [0.717, 1.165) is 64.2 Å². The van der Waals surface area contributed by atoms with Crippen molar-refractivity contribution in [3.63, 3.8) is 0 Å². The molecule has 0 aromatic heterocycles. The molecular formula is C72H135NO5. The minimum atomic E-state index is -0.671. The highest BCUT2D eigenvalue weighted by Crippen LogP contribution is 2.19. The summed E-state index contributed by atoms with van der Waals surface area (Å²) in [6.45, 7) is 4.84. The summed E-state index contributed by atoms with van der Waals surface area (Å²) in [4.78, 5) is 24.6. The molecule has 0 aliphatic rings. The zero-order chi connectivity index (χ0) is 56.4. The van der Waals surface area contributed by atoms with Crippen LogP contribution in [0.3, 0.4) is 0 Å². The number of hydrogen-bond acceptors (Lipinski definition) is 5. The maximum absolute atomic E-state index is 12.6. The van der Waals surface area contributed by atoms with Crippen LogP contribution in [0.4, 0.5) is 0 Å². The van der Waals surface area contributed by atoms with Crippen LogP contribution in [-0.4, -0.2) is 47.4 Å². The molecule has 0 bridgehead atoms. The summed E-state index contributed by atoms with van der Waals surface area (Å²) in [5.74, 6) is -0.0851. The molecule has 2 atom stereocenters. The maximum Gasteiger partial charge on any atom is 0.305 e. The number of esters is 1. The number of rotatable bonds is 65. The van der Waals surface area contributed by atoms with Crippen LogP contribution in [0, 0.1) is 0 Å². The molecule has 0 aliphatic heterocycles. The standard InChI is InChI=1S/C72H135NO5/c1-3-5-7-9-11-13-15-17-19-20-21-22-23-24-25-27-30-33-37-40-44-48-52-56-60-64-70(75)69(68-74)73-71(76)65-61-57-53-49-45-41-38-34-31-28-26-29-32-35-39-43-47-51-55-59-63-67-78-72(77)66-62-58-54-50-46-42-36-18-16-14-12-10-8-6-4-2/h12,14,18,36,43,47,55,59,69-70,74-75H,3-11,13,15-17,19-35,37-42,44-46,48-54,56-58,60-68H2,1-2H3,(H,73,76)/b14-12-,36-18-,47-43-,59-55-. The molecule has 2 unspecified atom stereocenters. The highest BCUT2D eigenvalue weighted by atomic mass is 16.5. The lowest BCUT2D eigenvalue weighted by atomic mass is 10.0. The van der Waals surface area contributed by atoms with Crippen molar-refractivity contribution in [2.45, 2.75) is 386 Å². The van der Waals surface area contributed by atoms with Gasteiger partial charge in [-0.15, -0.1) is 0 Å². The van der Waals surface area contributed by atoms with Gasteiger partial charge in [0.2, 0.25) is 5.91 Å². The molecule has 3 N–H and O–H groups in total. The molecule has 0 saturated carbocycles. The summed E-state index contributed by atoms with van der Waals surface area (Å²) in [6.07, 6.45) is 87.3. The van der Waals surface area contributed by atoms with Crippen molar-refractivity contribution in [2.75, 3.05) is 13.2 Å². The fraction of sp³-hybridized carbons (Fsp3) is 0.861. The first kappa shape index (κ1) is 75.8. The van der Waals surface area contributed by atoms with E-state index in [1.165, 1.54) is 276 Å². The fourth-order valence-electron chi connectivity index (χ4n) is 10.8. The van der Waals surface area contributed by atoms with Crippen molar-refractivity contribution in [1.29, 1.82) is 0 Å². The molecule has 78 heavy (non-hydrogen) atoms. The fourth-order valence-corrected chi connectivity index (χ4v) is 10.8. The van der Waals surface area contributed by atoms with Crippen molar-refractivity contribution < 1.29 is 24.5 Å². The zero-order valence-corrected chi connectivity index (χ0v) is 52.4. The quantitative estimate of drug-likeness (QED) is 0.0320. The first-order valence-corrected chi connectivity index (χ1v) is 34.9. The number of ether oxygens (including phenoxy) is 1. The number of carbonyl (C=O) groups is 2. The van der Waals surface area contributed by atoms with E-state index in [-0.39, 0.29) is 18.5 Å². The Balaban J connectivity index is 3.45. The van der Waals surface area contributed by atoms with Gasteiger partial charge >= 0.3 is 5.97 Å². The highest BCUT2D eigenvalue weighted by molar-refractivity contribution is 5.76. The second-order valence-electron chi connectivity index (χ2n) is 23.9. The Morgan fingerprint density at radius 3 is 1.00 bits per heavy atom. The molecule has 0 aromatic carbocycles. The molecule has 0 heterocycles. The molecule has 0 aliphatic carbocycles. The van der Waals surface area contributed by atoms with Crippen molar-refractivity contribution in [1.82, 2.24) is 5.32 Å². The van der Waals surface area contributed by atoms with Gasteiger partial charge in [-0.25, -0.2) is 0 Å². The van der Waals surface area contributed by atoms with Gasteiger partial charge in [-0.2, -0.15) is 0 Å². The van der Waals surface area contributed by atoms with E-state index in [1.807, 2.05) is 0 Å². The average Bonchev–Trinajstić information content (AvgIpc) is 3.44. The molecule has 458 valence electrons. The number of carbonyl (C=O) groups excluding carboxylic acids is 2. The van der Waals surface area contributed by atoms with Crippen LogP contribution in [0.15, 0.2) is 48.6 Å². The lowest BCUT2D eigenvalue weighted by Gasteiger charge is -2.22. The number of allylic oxidation sites excluding steroid dienone is 7. The molecule has 0 fully saturated rings. The van der Waals surface area contributed by atoms with Gasteiger partial charge < -0.3 is 20.3 Å². The van der Waals surface area contributed by atoms with Crippen LogP contribution in [0.2, 0.25) is 0 Å². The monoisotopic (exact) mass is 1090 g/mol. The molecule has 0 aromatic rings. The van der Waals surface area contributed by atoms with Gasteiger partial charge in [0.15, 0.2) is 0 Å². The van der Waals surface area contributed by atoms with Gasteiger partial charge in [0.05, 0.1) is 25.4 Å². The van der Waals surface area contributed by atoms with Crippen molar-refractivity contribution in [2.24, 2.45) is 0 Å². The Bertz CT molecular complexity index is 1310. The number of unbranched alkanes of at least 4 members (excludes halogenated alkanes) is 46. The van der Waals surface area contributed by atoms with Crippen LogP contribution in [0.5, 0.6) is 0 Å². The van der Waals surface area contributed by atoms with E-state index in [9.17, 15) is 19.8 Å². The molecule has 0 saturated heterocycles. The summed E-state index contributed by atoms with van der Waals surface area (Å²) < 4.78 is 5.42. The molecule has 0 spiro atoms. The molecule has 6 nitrogen and oxygen atoms in total. The molecule has 0 rings (SSSR count). The number of aliphatic hydroxyl groups is 2. The Morgan fingerprint density at radius 1 is 0.359 bits per heavy atom. The second kappa shape index (κ2) is 67.3. The summed E-state index contributed by atoms with van der Waals surface area (Å²) in [7, 11) is 0. The Hall–Kier alpha value is -2.18. The Kier molecular flexibility index (Phi) is 65.4. The van der Waals surface area contributed by atoms with E-state index in [4.69, 9.17) is 4.74 Å². The Morgan fingerprint density at radius 2 is 0.641 bits per heavy atom. The van der Waals surface area contributed by atoms with E-state index in [0.29, 0.717) is 25.9 Å². The first-order chi connectivity index (χ1) is 38.5. The number of hydrogen-bond donors (Lipinski definition) is 3. The van der Waals surface area contributed by atoms with Crippen molar-refractivity contribution in [3.05, 3.63) is 48.6 Å². The predicted octanol–water partition coefficient (Wildman–Crippen LogP) is 22.5. The minimum Gasteiger partial charge on any atom is -0.465 e. The molecular weight excluding hydrogens is 959 g/mol. The van der Waals surface area contributed by atoms with Gasteiger partial charge in [0.1, 0.15) is 0 Å². The predicted molar refractivity (Wildman–Crippen MR) is 342 cm³/mol. The number of nitrogens with one attached hydrogen (secondary N) is 1. The summed E-state index contributed by atoms with van der Waals surface area (Å²) >= 11 is 0. The van der Waals surface area contributed by atoms with Crippen LogP contribution >= 0.6 is 0 Å². The third-order valence-electron chi connectivity index (χ3n) is 16.1. The van der Waals surface area contributed by atoms with Crippen LogP contribution in [-0.2, 0) is 14.3 Å². The van der Waals surface area contributed by atoms with Gasteiger partial charge in [-0.1, -0.05) is 332 Å². The lowest BCUT2D eigenvalue weighted by molar-refractivity contribution is -0.143. The van der Waals surface area contributed by atoms with Crippen molar-refractivity contribution in [3.8, 4) is 0 Å². The molecule has 0 radical (unpaired) electrons. The normalized spacial score (nSPS) is 12.8. The summed E-state index contributed by atoms with van der Waals surface area (Å²) in [6, 6.07) is -0.548. The van der Waals surface area contributed by atoms with Crippen molar-refractivity contribution >= 4 is 11.9 Å². The van der Waals surface area contributed by atoms with Crippen LogP contribution < -0.4 is 5.32 Å². The van der Waals surface area contributed by atoms with Gasteiger partial charge in [-0.3, -0.25) is 9.59 Å². The lowest BCUT2D eigenvalue weighted by Crippen LogP contribution is -2.45. The Labute approximate surface area is 486 Å².